The number of rotatable bonds is 9. The van der Waals surface area contributed by atoms with Crippen LogP contribution in [0.1, 0.15) is 33.6 Å². The quantitative estimate of drug-likeness (QED) is 0.219. The minimum atomic E-state index is -4.76. The molecular weight excluding hydrogens is 359 g/mol. The molecule has 0 aliphatic carbocycles. The second-order valence-electron chi connectivity index (χ2n) is 6.66. The van der Waals surface area contributed by atoms with E-state index in [2.05, 4.69) is 40.2 Å². The molecule has 148 valence electrons. The first kappa shape index (κ1) is 24.7. The largest absolute Gasteiger partial charge is 0.458 e. The molecule has 0 aromatic rings. The van der Waals surface area contributed by atoms with Gasteiger partial charge in [-0.25, -0.2) is 8.78 Å². The summed E-state index contributed by atoms with van der Waals surface area (Å²) in [6.45, 7) is 20.0. The van der Waals surface area contributed by atoms with E-state index in [1.54, 1.807) is 5.92 Å². The van der Waals surface area contributed by atoms with Gasteiger partial charge in [0.05, 0.1) is 5.57 Å². The molecule has 27 heavy (non-hydrogen) atoms. The van der Waals surface area contributed by atoms with Crippen molar-refractivity contribution in [2.75, 3.05) is 0 Å². The topological polar surface area (TPSA) is 0 Å². The molecule has 0 fully saturated rings. The molecule has 0 aromatic carbocycles. The smallest absolute Gasteiger partial charge is 0.206 e. The normalized spacial score (nSPS) is 13.7. The van der Waals surface area contributed by atoms with Crippen LogP contribution in [0.25, 0.3) is 0 Å². The molecule has 0 bridgehead atoms. The van der Waals surface area contributed by atoms with Crippen LogP contribution in [-0.4, -0.2) is 6.18 Å². The van der Waals surface area contributed by atoms with Crippen LogP contribution in [-0.2, 0) is 0 Å². The number of alkyl halides is 3. The number of allylic oxidation sites excluding steroid dienone is 8. The second kappa shape index (κ2) is 10.7. The van der Waals surface area contributed by atoms with Gasteiger partial charge in [0.15, 0.2) is 0 Å². The lowest BCUT2D eigenvalue weighted by molar-refractivity contribution is -0.0696. The summed E-state index contributed by atoms with van der Waals surface area (Å²) in [5, 5.41) is 0. The fourth-order valence-corrected chi connectivity index (χ4v) is 1.85. The molecule has 0 N–H and O–H groups in total. The molecule has 0 aromatic heterocycles. The monoisotopic (exact) mass is 384 g/mol. The van der Waals surface area contributed by atoms with Crippen LogP contribution in [0.3, 0.4) is 0 Å². The van der Waals surface area contributed by atoms with E-state index in [1.807, 2.05) is 6.92 Å². The molecule has 0 spiro atoms. The summed E-state index contributed by atoms with van der Waals surface area (Å²) in [6, 6.07) is 0. The highest BCUT2D eigenvalue weighted by Gasteiger charge is 2.23. The van der Waals surface area contributed by atoms with Crippen molar-refractivity contribution >= 4 is 0 Å². The van der Waals surface area contributed by atoms with Crippen molar-refractivity contribution in [2.45, 2.75) is 39.8 Å². The molecule has 0 aliphatic rings. The Morgan fingerprint density at radius 1 is 0.926 bits per heavy atom. The van der Waals surface area contributed by atoms with E-state index >= 15 is 0 Å². The van der Waals surface area contributed by atoms with E-state index in [4.69, 9.17) is 0 Å². The van der Waals surface area contributed by atoms with E-state index in [0.29, 0.717) is 11.5 Å². The van der Waals surface area contributed by atoms with Gasteiger partial charge in [-0.15, -0.1) is 0 Å². The Bertz CT molecular complexity index is 718. The van der Waals surface area contributed by atoms with Crippen molar-refractivity contribution in [1.29, 1.82) is 0 Å². The van der Waals surface area contributed by atoms with E-state index in [9.17, 15) is 22.0 Å². The number of hydrogen-bond donors (Lipinski definition) is 0. The molecule has 0 radical (unpaired) electrons. The third-order valence-electron chi connectivity index (χ3n) is 3.74. The Kier molecular flexibility index (Phi) is 9.78. The van der Waals surface area contributed by atoms with Crippen molar-refractivity contribution < 1.29 is 22.0 Å². The van der Waals surface area contributed by atoms with Gasteiger partial charge in [0.25, 0.3) is 0 Å². The second-order valence-corrected chi connectivity index (χ2v) is 6.66. The summed E-state index contributed by atoms with van der Waals surface area (Å²) in [4.78, 5) is 0. The Morgan fingerprint density at radius 3 is 1.96 bits per heavy atom. The average molecular weight is 384 g/mol. The molecule has 0 saturated carbocycles. The van der Waals surface area contributed by atoms with Crippen molar-refractivity contribution in [1.82, 2.24) is 0 Å². The van der Waals surface area contributed by atoms with Gasteiger partial charge in [-0.3, -0.25) is 0 Å². The fraction of sp³-hybridized carbons (Fsp3) is 0.364. The lowest BCUT2D eigenvalue weighted by atomic mass is 9.92. The highest BCUT2D eigenvalue weighted by atomic mass is 19.4. The lowest BCUT2D eigenvalue weighted by Crippen LogP contribution is -2.01. The molecule has 1 atom stereocenters. The van der Waals surface area contributed by atoms with Gasteiger partial charge in [-0.2, -0.15) is 13.2 Å². The first-order valence-electron chi connectivity index (χ1n) is 8.35. The summed E-state index contributed by atoms with van der Waals surface area (Å²) in [6.07, 6.45) is -0.986. The van der Waals surface area contributed by atoms with Gasteiger partial charge in [0.1, 0.15) is 11.7 Å². The molecule has 5 heteroatoms. The summed E-state index contributed by atoms with van der Waals surface area (Å²) in [7, 11) is 0. The van der Waals surface area contributed by atoms with Crippen molar-refractivity contribution in [2.24, 2.45) is 11.8 Å². The van der Waals surface area contributed by atoms with Crippen LogP contribution in [0.5, 0.6) is 0 Å². The number of halogens is 5. The molecule has 1 unspecified atom stereocenters. The molecule has 0 saturated heterocycles. The van der Waals surface area contributed by atoms with Gasteiger partial charge in [-0.1, -0.05) is 59.4 Å². The van der Waals surface area contributed by atoms with Crippen LogP contribution in [0.4, 0.5) is 22.0 Å². The summed E-state index contributed by atoms with van der Waals surface area (Å²) < 4.78 is 64.2. The van der Waals surface area contributed by atoms with Crippen molar-refractivity contribution in [3.8, 4) is 11.8 Å². The van der Waals surface area contributed by atoms with Crippen LogP contribution in [0.2, 0.25) is 0 Å². The Balaban J connectivity index is 5.10. The first-order chi connectivity index (χ1) is 12.2. The lowest BCUT2D eigenvalue weighted by Gasteiger charge is -2.14. The highest BCUT2D eigenvalue weighted by molar-refractivity contribution is 5.52. The van der Waals surface area contributed by atoms with E-state index in [1.165, 1.54) is 6.08 Å². The Hall–Kier alpha value is -2.35. The van der Waals surface area contributed by atoms with Crippen LogP contribution >= 0.6 is 0 Å². The zero-order chi connectivity index (χ0) is 21.4. The minimum Gasteiger partial charge on any atom is -0.206 e. The van der Waals surface area contributed by atoms with Crippen LogP contribution in [0.15, 0.2) is 72.4 Å². The zero-order valence-corrected chi connectivity index (χ0v) is 15.9. The fourth-order valence-electron chi connectivity index (χ4n) is 1.85. The van der Waals surface area contributed by atoms with Crippen LogP contribution in [0, 0.1) is 23.7 Å². The summed E-state index contributed by atoms with van der Waals surface area (Å²) in [5.41, 5.74) is -0.456. The Morgan fingerprint density at radius 2 is 1.48 bits per heavy atom. The SMILES string of the molecule is C=C(/C=C(/F)C(=C)C#CC(F)(F)F)C(=C)/C(F)=C\C(=C)C(C)CCC(C)C. The van der Waals surface area contributed by atoms with E-state index < -0.39 is 23.4 Å². The molecule has 0 amide bonds. The average Bonchev–Trinajstić information content (AvgIpc) is 2.55. The van der Waals surface area contributed by atoms with E-state index in [0.717, 1.165) is 24.8 Å². The van der Waals surface area contributed by atoms with Gasteiger partial charge >= 0.3 is 6.18 Å². The van der Waals surface area contributed by atoms with Crippen molar-refractivity contribution in [3.05, 3.63) is 72.4 Å². The molecule has 0 rings (SSSR count). The first-order valence-corrected chi connectivity index (χ1v) is 8.35. The van der Waals surface area contributed by atoms with Gasteiger partial charge in [-0.05, 0) is 41.6 Å². The maximum absolute atomic E-state index is 14.3. The molecule has 0 heterocycles. The minimum absolute atomic E-state index is 0.0592. The maximum Gasteiger partial charge on any atom is 0.458 e. The molecular formula is C22H25F5. The predicted molar refractivity (Wildman–Crippen MR) is 102 cm³/mol. The zero-order valence-electron chi connectivity index (χ0n) is 15.9. The molecule has 0 aliphatic heterocycles. The van der Waals surface area contributed by atoms with E-state index in [-0.39, 0.29) is 17.1 Å². The maximum atomic E-state index is 14.3. The van der Waals surface area contributed by atoms with Crippen molar-refractivity contribution in [3.63, 3.8) is 0 Å². The predicted octanol–water partition coefficient (Wildman–Crippen LogP) is 7.56. The molecule has 0 nitrogen and oxygen atoms in total. The van der Waals surface area contributed by atoms with Gasteiger partial charge in [0, 0.05) is 11.5 Å². The standard InChI is InChI=1S/C22H25F5/c1-14(2)8-9-15(3)17(5)12-21(24)19(7)18(6)13-20(23)16(4)10-11-22(25,26)27/h12-15H,4-9H2,1-3H3/b20-13+,21-12+. The summed E-state index contributed by atoms with van der Waals surface area (Å²) in [5.74, 6) is 1.16. The van der Waals surface area contributed by atoms with Gasteiger partial charge < -0.3 is 0 Å². The highest BCUT2D eigenvalue weighted by Crippen LogP contribution is 2.26. The summed E-state index contributed by atoms with van der Waals surface area (Å²) >= 11 is 0. The van der Waals surface area contributed by atoms with Gasteiger partial charge in [0.2, 0.25) is 0 Å². The Labute approximate surface area is 158 Å². The third kappa shape index (κ3) is 10.4. The van der Waals surface area contributed by atoms with Crippen LogP contribution < -0.4 is 0 Å². The third-order valence-corrected chi connectivity index (χ3v) is 3.74. The number of hydrogen-bond acceptors (Lipinski definition) is 0.